The lowest BCUT2D eigenvalue weighted by atomic mass is 9.89. The molecule has 1 N–H and O–H groups in total. The second kappa shape index (κ2) is 7.09. The number of nitrogens with one attached hydrogen (secondary N) is 1. The summed E-state index contributed by atoms with van der Waals surface area (Å²) in [6.07, 6.45) is 0. The maximum Gasteiger partial charge on any atom is 0.340 e. The van der Waals surface area contributed by atoms with E-state index >= 15 is 0 Å². The van der Waals surface area contributed by atoms with Crippen LogP contribution < -0.4 is 5.32 Å². The first-order valence-corrected chi connectivity index (χ1v) is 7.12. The number of benzene rings is 2. The summed E-state index contributed by atoms with van der Waals surface area (Å²) >= 11 is 0. The fraction of sp³-hybridized carbons (Fsp3) is 0.278. The van der Waals surface area contributed by atoms with Gasteiger partial charge >= 0.3 is 5.97 Å². The first-order valence-electron chi connectivity index (χ1n) is 7.12. The maximum atomic E-state index is 12.3. The molecule has 4 heteroatoms. The molecule has 0 radical (unpaired) electrons. The topological polar surface area (TPSA) is 47.6 Å². The molecule has 116 valence electrons. The van der Waals surface area contributed by atoms with Gasteiger partial charge in [0.15, 0.2) is 5.60 Å². The van der Waals surface area contributed by atoms with Crippen molar-refractivity contribution in [3.05, 3.63) is 66.2 Å². The van der Waals surface area contributed by atoms with Crippen molar-refractivity contribution in [3.63, 3.8) is 0 Å². The normalized spacial score (nSPS) is 14.7. The van der Waals surface area contributed by atoms with Gasteiger partial charge in [0.05, 0.1) is 13.2 Å². The van der Waals surface area contributed by atoms with E-state index in [0.29, 0.717) is 0 Å². The standard InChI is InChI=1S/C18H21NO3/c1-18(22-3,17(20)21-2)16(14-10-6-4-7-11-14)19-15-12-8-5-9-13-15/h4-13,16,19H,1-3H3/t16-,18+/m1/s1. The lowest BCUT2D eigenvalue weighted by molar-refractivity contribution is -0.166. The lowest BCUT2D eigenvalue weighted by Gasteiger charge is -2.35. The number of carbonyl (C=O) groups is 1. The van der Waals surface area contributed by atoms with E-state index in [9.17, 15) is 4.79 Å². The number of anilines is 1. The Morgan fingerprint density at radius 3 is 2.05 bits per heavy atom. The van der Waals surface area contributed by atoms with E-state index < -0.39 is 11.6 Å². The van der Waals surface area contributed by atoms with Gasteiger partial charge in [-0.3, -0.25) is 0 Å². The summed E-state index contributed by atoms with van der Waals surface area (Å²) in [4.78, 5) is 12.3. The van der Waals surface area contributed by atoms with Crippen LogP contribution in [0.2, 0.25) is 0 Å². The highest BCUT2D eigenvalue weighted by molar-refractivity contribution is 5.81. The molecule has 2 rings (SSSR count). The third kappa shape index (κ3) is 3.28. The monoisotopic (exact) mass is 299 g/mol. The lowest BCUT2D eigenvalue weighted by Crippen LogP contribution is -2.47. The van der Waals surface area contributed by atoms with E-state index in [1.165, 1.54) is 14.2 Å². The SMILES string of the molecule is COC(=O)[C@@](C)(OC)[C@H](Nc1ccccc1)c1ccccc1. The minimum atomic E-state index is -1.15. The quantitative estimate of drug-likeness (QED) is 0.830. The van der Waals surface area contributed by atoms with Gasteiger partial charge in [0.25, 0.3) is 0 Å². The molecule has 0 unspecified atom stereocenters. The minimum absolute atomic E-state index is 0.381. The van der Waals surface area contributed by atoms with Crippen molar-refractivity contribution in [1.29, 1.82) is 0 Å². The van der Waals surface area contributed by atoms with Gasteiger partial charge in [-0.05, 0) is 24.6 Å². The highest BCUT2D eigenvalue weighted by Gasteiger charge is 2.44. The molecule has 0 aromatic heterocycles. The van der Waals surface area contributed by atoms with Gasteiger partial charge in [-0.15, -0.1) is 0 Å². The van der Waals surface area contributed by atoms with Crippen LogP contribution in [0.5, 0.6) is 0 Å². The van der Waals surface area contributed by atoms with Crippen LogP contribution in [0, 0.1) is 0 Å². The van der Waals surface area contributed by atoms with Gasteiger partial charge < -0.3 is 14.8 Å². The first-order chi connectivity index (χ1) is 10.6. The molecule has 2 atom stereocenters. The van der Waals surface area contributed by atoms with Crippen LogP contribution in [-0.4, -0.2) is 25.8 Å². The van der Waals surface area contributed by atoms with Gasteiger partial charge in [-0.25, -0.2) is 4.79 Å². The van der Waals surface area contributed by atoms with E-state index in [4.69, 9.17) is 9.47 Å². The number of carbonyl (C=O) groups excluding carboxylic acids is 1. The Kier molecular flexibility index (Phi) is 5.17. The minimum Gasteiger partial charge on any atom is -0.467 e. The smallest absolute Gasteiger partial charge is 0.340 e. The molecule has 0 saturated carbocycles. The van der Waals surface area contributed by atoms with E-state index in [0.717, 1.165) is 11.3 Å². The Labute approximate surface area is 131 Å². The highest BCUT2D eigenvalue weighted by atomic mass is 16.6. The fourth-order valence-corrected chi connectivity index (χ4v) is 2.41. The van der Waals surface area contributed by atoms with Crippen molar-refractivity contribution in [1.82, 2.24) is 0 Å². The van der Waals surface area contributed by atoms with Crippen LogP contribution in [0.25, 0.3) is 0 Å². The number of esters is 1. The number of hydrogen-bond acceptors (Lipinski definition) is 4. The van der Waals surface area contributed by atoms with E-state index in [-0.39, 0.29) is 6.04 Å². The maximum absolute atomic E-state index is 12.3. The second-order valence-corrected chi connectivity index (χ2v) is 5.16. The average molecular weight is 299 g/mol. The molecule has 0 aliphatic heterocycles. The molecule has 2 aromatic rings. The molecule has 0 aliphatic rings. The molecule has 0 bridgehead atoms. The average Bonchev–Trinajstić information content (AvgIpc) is 2.60. The molecule has 2 aromatic carbocycles. The molecular formula is C18H21NO3. The number of rotatable bonds is 6. The van der Waals surface area contributed by atoms with Gasteiger partial charge in [-0.1, -0.05) is 48.5 Å². The molecule has 0 saturated heterocycles. The van der Waals surface area contributed by atoms with Crippen LogP contribution in [0.3, 0.4) is 0 Å². The Bertz CT molecular complexity index is 600. The summed E-state index contributed by atoms with van der Waals surface area (Å²) in [5.74, 6) is -0.424. The van der Waals surface area contributed by atoms with Gasteiger partial charge in [-0.2, -0.15) is 0 Å². The summed E-state index contributed by atoms with van der Waals surface area (Å²) in [6, 6.07) is 19.1. The zero-order chi connectivity index (χ0) is 16.0. The van der Waals surface area contributed by atoms with Crippen molar-refractivity contribution in [3.8, 4) is 0 Å². The molecular weight excluding hydrogens is 278 g/mol. The largest absolute Gasteiger partial charge is 0.467 e. The van der Waals surface area contributed by atoms with Crippen molar-refractivity contribution in [2.75, 3.05) is 19.5 Å². The van der Waals surface area contributed by atoms with Crippen LogP contribution in [-0.2, 0) is 14.3 Å². The van der Waals surface area contributed by atoms with Crippen LogP contribution in [0.15, 0.2) is 60.7 Å². The third-order valence-corrected chi connectivity index (χ3v) is 3.78. The van der Waals surface area contributed by atoms with Crippen molar-refractivity contribution < 1.29 is 14.3 Å². The predicted octanol–water partition coefficient (Wildman–Crippen LogP) is 3.42. The zero-order valence-corrected chi connectivity index (χ0v) is 13.1. The van der Waals surface area contributed by atoms with Crippen molar-refractivity contribution >= 4 is 11.7 Å². The third-order valence-electron chi connectivity index (χ3n) is 3.78. The molecule has 0 spiro atoms. The Balaban J connectivity index is 2.43. The highest BCUT2D eigenvalue weighted by Crippen LogP contribution is 2.33. The first kappa shape index (κ1) is 16.0. The second-order valence-electron chi connectivity index (χ2n) is 5.16. The number of hydrogen-bond donors (Lipinski definition) is 1. The molecule has 0 aliphatic carbocycles. The molecule has 0 heterocycles. The van der Waals surface area contributed by atoms with Crippen LogP contribution >= 0.6 is 0 Å². The molecule has 22 heavy (non-hydrogen) atoms. The summed E-state index contributed by atoms with van der Waals surface area (Å²) in [5.41, 5.74) is 0.705. The summed E-state index contributed by atoms with van der Waals surface area (Å²) in [7, 11) is 2.88. The Morgan fingerprint density at radius 1 is 1.00 bits per heavy atom. The summed E-state index contributed by atoms with van der Waals surface area (Å²) < 4.78 is 10.5. The number of methoxy groups -OCH3 is 2. The summed E-state index contributed by atoms with van der Waals surface area (Å²) in [5, 5.41) is 3.38. The van der Waals surface area contributed by atoms with Gasteiger partial charge in [0.2, 0.25) is 0 Å². The predicted molar refractivity (Wildman–Crippen MR) is 86.7 cm³/mol. The fourth-order valence-electron chi connectivity index (χ4n) is 2.41. The number of ether oxygens (including phenoxy) is 2. The Morgan fingerprint density at radius 2 is 1.55 bits per heavy atom. The van der Waals surface area contributed by atoms with Crippen LogP contribution in [0.1, 0.15) is 18.5 Å². The van der Waals surface area contributed by atoms with Gasteiger partial charge in [0.1, 0.15) is 0 Å². The van der Waals surface area contributed by atoms with Crippen molar-refractivity contribution in [2.45, 2.75) is 18.6 Å². The summed E-state index contributed by atoms with van der Waals surface area (Å²) in [6.45, 7) is 1.73. The zero-order valence-electron chi connectivity index (χ0n) is 13.1. The van der Waals surface area contributed by atoms with Gasteiger partial charge in [0, 0.05) is 12.8 Å². The van der Waals surface area contributed by atoms with Crippen molar-refractivity contribution in [2.24, 2.45) is 0 Å². The van der Waals surface area contributed by atoms with E-state index in [1.54, 1.807) is 6.92 Å². The van der Waals surface area contributed by atoms with Crippen LogP contribution in [0.4, 0.5) is 5.69 Å². The molecule has 4 nitrogen and oxygen atoms in total. The van der Waals surface area contributed by atoms with E-state index in [1.807, 2.05) is 60.7 Å². The van der Waals surface area contributed by atoms with E-state index in [2.05, 4.69) is 5.32 Å². The molecule has 0 fully saturated rings. The Hall–Kier alpha value is -2.33. The number of para-hydroxylation sites is 1. The molecule has 0 amide bonds.